The van der Waals surface area contributed by atoms with E-state index in [1.54, 1.807) is 7.11 Å². The summed E-state index contributed by atoms with van der Waals surface area (Å²) in [4.78, 5) is 12.0. The van der Waals surface area contributed by atoms with Crippen molar-refractivity contribution >= 4 is 11.6 Å². The van der Waals surface area contributed by atoms with Gasteiger partial charge in [0.2, 0.25) is 5.91 Å². The number of benzene rings is 2. The van der Waals surface area contributed by atoms with Gasteiger partial charge in [0.15, 0.2) is 11.5 Å². The molecule has 0 aromatic heterocycles. The van der Waals surface area contributed by atoms with Crippen LogP contribution in [-0.4, -0.2) is 19.6 Å². The second kappa shape index (κ2) is 7.18. The molecule has 0 bridgehead atoms. The number of aryl methyl sites for hydroxylation is 2. The molecule has 2 aromatic carbocycles. The summed E-state index contributed by atoms with van der Waals surface area (Å²) in [6.45, 7) is 0.317. The smallest absolute Gasteiger partial charge is 0.227 e. The van der Waals surface area contributed by atoms with Crippen molar-refractivity contribution in [3.8, 4) is 11.5 Å². The highest BCUT2D eigenvalue weighted by atomic mass is 16.5. The van der Waals surface area contributed by atoms with Crippen molar-refractivity contribution < 1.29 is 14.3 Å². The average molecular weight is 311 g/mol. The minimum absolute atomic E-state index is 0.0437. The van der Waals surface area contributed by atoms with Gasteiger partial charge < -0.3 is 14.8 Å². The van der Waals surface area contributed by atoms with Gasteiger partial charge in [-0.15, -0.1) is 0 Å². The molecule has 0 saturated carbocycles. The standard InChI is InChI=1S/C19H21NO3/c1-22-17-7-2-3-8-18(17)23-12-11-19(21)20-16-10-9-14-5-4-6-15(14)13-16/h2-3,7-10,13H,4-6,11-12H2,1H3,(H,20,21). The second-order valence-corrected chi connectivity index (χ2v) is 5.63. The molecular formula is C19H21NO3. The molecule has 0 unspecified atom stereocenters. The SMILES string of the molecule is COc1ccccc1OCCC(=O)Nc1ccc2c(c1)CCC2. The monoisotopic (exact) mass is 311 g/mol. The molecule has 0 heterocycles. The minimum Gasteiger partial charge on any atom is -0.493 e. The number of hydrogen-bond acceptors (Lipinski definition) is 3. The Balaban J connectivity index is 1.50. The first-order valence-corrected chi connectivity index (χ1v) is 7.94. The van der Waals surface area contributed by atoms with E-state index in [1.165, 1.54) is 17.5 Å². The zero-order valence-electron chi connectivity index (χ0n) is 13.3. The summed E-state index contributed by atoms with van der Waals surface area (Å²) >= 11 is 0. The maximum Gasteiger partial charge on any atom is 0.227 e. The van der Waals surface area contributed by atoms with Crippen molar-refractivity contribution in [2.45, 2.75) is 25.7 Å². The molecule has 1 aliphatic carbocycles. The summed E-state index contributed by atoms with van der Waals surface area (Å²) < 4.78 is 10.8. The lowest BCUT2D eigenvalue weighted by Gasteiger charge is -2.11. The zero-order chi connectivity index (χ0) is 16.1. The fourth-order valence-corrected chi connectivity index (χ4v) is 2.86. The van der Waals surface area contributed by atoms with E-state index in [2.05, 4.69) is 17.4 Å². The number of amides is 1. The Bertz CT molecular complexity index is 697. The lowest BCUT2D eigenvalue weighted by Crippen LogP contribution is -2.15. The van der Waals surface area contributed by atoms with Crippen LogP contribution in [0.5, 0.6) is 11.5 Å². The highest BCUT2D eigenvalue weighted by Crippen LogP contribution is 2.26. The van der Waals surface area contributed by atoms with Gasteiger partial charge in [-0.05, 0) is 54.7 Å². The molecule has 1 aliphatic rings. The Morgan fingerprint density at radius 2 is 1.87 bits per heavy atom. The van der Waals surface area contributed by atoms with E-state index in [0.717, 1.165) is 18.5 Å². The van der Waals surface area contributed by atoms with Crippen LogP contribution in [0, 0.1) is 0 Å². The third-order valence-electron chi connectivity index (χ3n) is 4.04. The molecule has 4 heteroatoms. The number of methoxy groups -OCH3 is 1. The van der Waals surface area contributed by atoms with E-state index in [1.807, 2.05) is 30.3 Å². The quantitative estimate of drug-likeness (QED) is 0.887. The number of hydrogen-bond donors (Lipinski definition) is 1. The first-order valence-electron chi connectivity index (χ1n) is 7.94. The number of fused-ring (bicyclic) bond motifs is 1. The fraction of sp³-hybridized carbons (Fsp3) is 0.316. The molecule has 0 radical (unpaired) electrons. The molecule has 0 spiro atoms. The van der Waals surface area contributed by atoms with E-state index in [4.69, 9.17) is 9.47 Å². The van der Waals surface area contributed by atoms with E-state index in [-0.39, 0.29) is 5.91 Å². The largest absolute Gasteiger partial charge is 0.493 e. The molecule has 120 valence electrons. The van der Waals surface area contributed by atoms with Crippen LogP contribution in [-0.2, 0) is 17.6 Å². The van der Waals surface area contributed by atoms with Gasteiger partial charge in [-0.2, -0.15) is 0 Å². The normalized spacial score (nSPS) is 12.6. The molecule has 0 aliphatic heterocycles. The third-order valence-corrected chi connectivity index (χ3v) is 4.04. The van der Waals surface area contributed by atoms with Crippen molar-refractivity contribution in [2.75, 3.05) is 19.0 Å². The van der Waals surface area contributed by atoms with Crippen molar-refractivity contribution in [1.82, 2.24) is 0 Å². The molecule has 23 heavy (non-hydrogen) atoms. The van der Waals surface area contributed by atoms with Gasteiger partial charge in [0, 0.05) is 5.69 Å². The number of ether oxygens (including phenoxy) is 2. The molecule has 1 N–H and O–H groups in total. The summed E-state index contributed by atoms with van der Waals surface area (Å²) in [7, 11) is 1.60. The molecular weight excluding hydrogens is 290 g/mol. The van der Waals surface area contributed by atoms with E-state index >= 15 is 0 Å². The molecule has 3 rings (SSSR count). The van der Waals surface area contributed by atoms with Gasteiger partial charge in [-0.3, -0.25) is 4.79 Å². The number of carbonyl (C=O) groups excluding carboxylic acids is 1. The van der Waals surface area contributed by atoms with Gasteiger partial charge in [0.25, 0.3) is 0 Å². The van der Waals surface area contributed by atoms with E-state index in [9.17, 15) is 4.79 Å². The Hall–Kier alpha value is -2.49. The maximum absolute atomic E-state index is 12.0. The summed E-state index contributed by atoms with van der Waals surface area (Å²) in [5.41, 5.74) is 3.63. The van der Waals surface area contributed by atoms with Crippen molar-refractivity contribution in [3.05, 3.63) is 53.6 Å². The topological polar surface area (TPSA) is 47.6 Å². The average Bonchev–Trinajstić information content (AvgIpc) is 3.03. The number of rotatable bonds is 6. The van der Waals surface area contributed by atoms with Crippen LogP contribution in [0.2, 0.25) is 0 Å². The molecule has 0 fully saturated rings. The Labute approximate surface area is 136 Å². The molecule has 2 aromatic rings. The lowest BCUT2D eigenvalue weighted by molar-refractivity contribution is -0.116. The first-order chi connectivity index (χ1) is 11.3. The third kappa shape index (κ3) is 3.83. The Morgan fingerprint density at radius 1 is 1.09 bits per heavy atom. The van der Waals surface area contributed by atoms with Crippen LogP contribution in [0.15, 0.2) is 42.5 Å². The predicted octanol–water partition coefficient (Wildman–Crippen LogP) is 3.59. The van der Waals surface area contributed by atoms with E-state index in [0.29, 0.717) is 24.5 Å². The van der Waals surface area contributed by atoms with Gasteiger partial charge in [-0.1, -0.05) is 18.2 Å². The molecule has 0 saturated heterocycles. The van der Waals surface area contributed by atoms with Gasteiger partial charge in [0.05, 0.1) is 20.1 Å². The number of anilines is 1. The number of para-hydroxylation sites is 2. The van der Waals surface area contributed by atoms with Crippen LogP contribution in [0.3, 0.4) is 0 Å². The van der Waals surface area contributed by atoms with Crippen LogP contribution in [0.25, 0.3) is 0 Å². The van der Waals surface area contributed by atoms with Crippen LogP contribution in [0.1, 0.15) is 24.0 Å². The maximum atomic E-state index is 12.0. The summed E-state index contributed by atoms with van der Waals surface area (Å²) in [5.74, 6) is 1.28. The number of carbonyl (C=O) groups is 1. The van der Waals surface area contributed by atoms with Crippen LogP contribution < -0.4 is 14.8 Å². The molecule has 0 atom stereocenters. The lowest BCUT2D eigenvalue weighted by atomic mass is 10.1. The van der Waals surface area contributed by atoms with Crippen molar-refractivity contribution in [2.24, 2.45) is 0 Å². The van der Waals surface area contributed by atoms with Crippen molar-refractivity contribution in [3.63, 3.8) is 0 Å². The molecule has 4 nitrogen and oxygen atoms in total. The van der Waals surface area contributed by atoms with Gasteiger partial charge in [-0.25, -0.2) is 0 Å². The van der Waals surface area contributed by atoms with Crippen molar-refractivity contribution in [1.29, 1.82) is 0 Å². The minimum atomic E-state index is -0.0437. The second-order valence-electron chi connectivity index (χ2n) is 5.63. The first kappa shape index (κ1) is 15.4. The number of nitrogens with one attached hydrogen (secondary N) is 1. The zero-order valence-corrected chi connectivity index (χ0v) is 13.3. The van der Waals surface area contributed by atoms with E-state index < -0.39 is 0 Å². The van der Waals surface area contributed by atoms with Crippen LogP contribution >= 0.6 is 0 Å². The van der Waals surface area contributed by atoms with Gasteiger partial charge >= 0.3 is 0 Å². The summed E-state index contributed by atoms with van der Waals surface area (Å²) in [5, 5.41) is 2.94. The Kier molecular flexibility index (Phi) is 4.81. The summed E-state index contributed by atoms with van der Waals surface area (Å²) in [6.07, 6.45) is 3.76. The Morgan fingerprint density at radius 3 is 2.70 bits per heavy atom. The molecule has 1 amide bonds. The predicted molar refractivity (Wildman–Crippen MR) is 90.2 cm³/mol. The fourth-order valence-electron chi connectivity index (χ4n) is 2.86. The highest BCUT2D eigenvalue weighted by molar-refractivity contribution is 5.90. The van der Waals surface area contributed by atoms with Crippen LogP contribution in [0.4, 0.5) is 5.69 Å². The summed E-state index contributed by atoms with van der Waals surface area (Å²) in [6, 6.07) is 13.6. The highest BCUT2D eigenvalue weighted by Gasteiger charge is 2.12. The van der Waals surface area contributed by atoms with Gasteiger partial charge in [0.1, 0.15) is 0 Å².